The zero-order valence-corrected chi connectivity index (χ0v) is 16.5. The topological polar surface area (TPSA) is 71.8 Å². The Morgan fingerprint density at radius 3 is 2.62 bits per heavy atom. The Morgan fingerprint density at radius 1 is 1.31 bits per heavy atom. The molecule has 1 unspecified atom stereocenters. The number of amides is 2. The first-order valence-electron chi connectivity index (χ1n) is 8.59. The lowest BCUT2D eigenvalue weighted by Crippen LogP contribution is -2.38. The number of carbonyl (C=O) groups is 2. The number of carbonyl (C=O) groups excluding carboxylic acids is 2. The van der Waals surface area contributed by atoms with Crippen molar-refractivity contribution in [1.29, 1.82) is 0 Å². The molecule has 2 aromatic rings. The fourth-order valence-corrected chi connectivity index (χ4v) is 2.70. The van der Waals surface area contributed by atoms with Gasteiger partial charge in [-0.3, -0.25) is 9.59 Å². The van der Waals surface area contributed by atoms with Crippen LogP contribution in [0.4, 0.5) is 18.9 Å². The molecule has 2 rings (SSSR count). The van der Waals surface area contributed by atoms with E-state index in [0.717, 1.165) is 12.1 Å². The third-order valence-corrected chi connectivity index (χ3v) is 4.36. The van der Waals surface area contributed by atoms with Gasteiger partial charge in [0.25, 0.3) is 0 Å². The summed E-state index contributed by atoms with van der Waals surface area (Å²) in [5.41, 5.74) is -1.14. The summed E-state index contributed by atoms with van der Waals surface area (Å²) in [5.74, 6) is -0.564. The molecule has 0 radical (unpaired) electrons. The molecule has 0 fully saturated rings. The van der Waals surface area contributed by atoms with Crippen LogP contribution >= 0.6 is 11.6 Å². The van der Waals surface area contributed by atoms with Crippen LogP contribution < -0.4 is 5.32 Å². The number of nitrogens with one attached hydrogen (secondary N) is 1. The van der Waals surface area contributed by atoms with E-state index in [0.29, 0.717) is 5.76 Å². The monoisotopic (exact) mass is 432 g/mol. The fraction of sp³-hybridized carbons (Fsp3) is 0.368. The molecule has 158 valence electrons. The molecule has 2 amide bonds. The Labute approximate surface area is 170 Å². The molecular weight excluding hydrogens is 413 g/mol. The van der Waals surface area contributed by atoms with E-state index in [1.165, 1.54) is 24.3 Å². The normalized spacial score (nSPS) is 12.5. The number of ether oxygens (including phenoxy) is 1. The quantitative estimate of drug-likeness (QED) is 0.673. The van der Waals surface area contributed by atoms with Crippen molar-refractivity contribution in [3.8, 4) is 0 Å². The van der Waals surface area contributed by atoms with E-state index in [2.05, 4.69) is 5.32 Å². The molecular formula is C19H20ClF3N2O4. The van der Waals surface area contributed by atoms with E-state index in [-0.39, 0.29) is 37.2 Å². The second kappa shape index (κ2) is 9.80. The van der Waals surface area contributed by atoms with Gasteiger partial charge in [0.15, 0.2) is 0 Å². The van der Waals surface area contributed by atoms with Crippen LogP contribution in [-0.4, -0.2) is 36.5 Å². The summed E-state index contributed by atoms with van der Waals surface area (Å²) in [4.78, 5) is 26.1. The maximum Gasteiger partial charge on any atom is 0.417 e. The van der Waals surface area contributed by atoms with Gasteiger partial charge in [-0.25, -0.2) is 0 Å². The predicted molar refractivity (Wildman–Crippen MR) is 100 cm³/mol. The number of halogens is 4. The fourth-order valence-electron chi connectivity index (χ4n) is 2.48. The number of rotatable bonds is 8. The van der Waals surface area contributed by atoms with Crippen molar-refractivity contribution >= 4 is 29.1 Å². The van der Waals surface area contributed by atoms with E-state index in [1.807, 2.05) is 0 Å². The average Bonchev–Trinajstić information content (AvgIpc) is 3.14. The van der Waals surface area contributed by atoms with Crippen molar-refractivity contribution < 1.29 is 31.9 Å². The smallest absolute Gasteiger partial charge is 0.417 e. The van der Waals surface area contributed by atoms with Crippen molar-refractivity contribution in [3.63, 3.8) is 0 Å². The number of benzene rings is 1. The minimum atomic E-state index is -4.66. The molecule has 6 nitrogen and oxygen atoms in total. The molecule has 0 saturated carbocycles. The highest BCUT2D eigenvalue weighted by atomic mass is 35.5. The van der Waals surface area contributed by atoms with Gasteiger partial charge in [0.05, 0.1) is 35.9 Å². The highest BCUT2D eigenvalue weighted by Crippen LogP contribution is 2.36. The number of alkyl halides is 3. The van der Waals surface area contributed by atoms with Crippen LogP contribution in [0.2, 0.25) is 5.02 Å². The number of methoxy groups -OCH3 is 1. The molecule has 0 bridgehead atoms. The summed E-state index contributed by atoms with van der Waals surface area (Å²) < 4.78 is 49.2. The van der Waals surface area contributed by atoms with Crippen molar-refractivity contribution in [2.24, 2.45) is 0 Å². The highest BCUT2D eigenvalue weighted by molar-refractivity contribution is 6.31. The molecule has 0 aliphatic rings. The molecule has 0 aliphatic heterocycles. The number of anilines is 1. The molecule has 10 heteroatoms. The molecule has 1 aromatic carbocycles. The Balaban J connectivity index is 2.11. The van der Waals surface area contributed by atoms with Gasteiger partial charge in [-0.05, 0) is 37.3 Å². The van der Waals surface area contributed by atoms with E-state index < -0.39 is 22.7 Å². The number of hydrogen-bond donors (Lipinski definition) is 1. The van der Waals surface area contributed by atoms with Crippen molar-refractivity contribution in [2.45, 2.75) is 32.2 Å². The van der Waals surface area contributed by atoms with Crippen molar-refractivity contribution in [1.82, 2.24) is 4.90 Å². The largest absolute Gasteiger partial charge is 0.467 e. The Morgan fingerprint density at radius 2 is 2.03 bits per heavy atom. The third kappa shape index (κ3) is 6.79. The minimum absolute atomic E-state index is 0.0314. The van der Waals surface area contributed by atoms with Crippen LogP contribution in [0.3, 0.4) is 0 Å². The standard InChI is InChI=1S/C19H20ClF3N2O4/c1-12(28-2)8-18(27)25(10-14-4-3-7-29-14)11-17(26)24-13-5-6-16(20)15(9-13)19(21,22)23/h3-7,9,12H,8,10-11H2,1-2H3,(H,24,26). The summed E-state index contributed by atoms with van der Waals surface area (Å²) in [6, 6.07) is 6.33. The lowest BCUT2D eigenvalue weighted by Gasteiger charge is -2.23. The highest BCUT2D eigenvalue weighted by Gasteiger charge is 2.33. The SMILES string of the molecule is COC(C)CC(=O)N(CC(=O)Nc1ccc(Cl)c(C(F)(F)F)c1)Cc1ccco1. The van der Waals surface area contributed by atoms with Crippen LogP contribution in [0.25, 0.3) is 0 Å². The minimum Gasteiger partial charge on any atom is -0.467 e. The Bertz CT molecular complexity index is 840. The summed E-state index contributed by atoms with van der Waals surface area (Å²) in [6.07, 6.45) is -3.56. The predicted octanol–water partition coefficient (Wildman–Crippen LogP) is 4.34. The van der Waals surface area contributed by atoms with Gasteiger partial charge in [-0.2, -0.15) is 13.2 Å². The summed E-state index contributed by atoms with van der Waals surface area (Å²) in [5, 5.41) is 1.89. The van der Waals surface area contributed by atoms with Crippen LogP contribution in [-0.2, 0) is 27.0 Å². The van der Waals surface area contributed by atoms with E-state index in [9.17, 15) is 22.8 Å². The van der Waals surface area contributed by atoms with Gasteiger partial charge >= 0.3 is 6.18 Å². The lowest BCUT2D eigenvalue weighted by molar-refractivity contribution is -0.137. The second-order valence-corrected chi connectivity index (χ2v) is 6.73. The molecule has 0 spiro atoms. The number of furan rings is 1. The molecule has 0 aliphatic carbocycles. The van der Waals surface area contributed by atoms with E-state index in [1.54, 1.807) is 19.1 Å². The molecule has 1 aromatic heterocycles. The molecule has 1 heterocycles. The summed E-state index contributed by atoms with van der Waals surface area (Å²) >= 11 is 5.58. The Kier molecular flexibility index (Phi) is 7.69. The van der Waals surface area contributed by atoms with Gasteiger partial charge in [0.2, 0.25) is 11.8 Å². The van der Waals surface area contributed by atoms with Crippen LogP contribution in [0.15, 0.2) is 41.0 Å². The number of nitrogens with zero attached hydrogens (tertiary/aromatic N) is 1. The van der Waals surface area contributed by atoms with E-state index in [4.69, 9.17) is 20.8 Å². The first-order valence-corrected chi connectivity index (χ1v) is 8.97. The van der Waals surface area contributed by atoms with Crippen LogP contribution in [0.1, 0.15) is 24.7 Å². The van der Waals surface area contributed by atoms with Gasteiger partial charge < -0.3 is 19.4 Å². The van der Waals surface area contributed by atoms with Gasteiger partial charge in [-0.1, -0.05) is 11.6 Å². The maximum absolute atomic E-state index is 13.0. The van der Waals surface area contributed by atoms with Crippen LogP contribution in [0, 0.1) is 0 Å². The zero-order valence-electron chi connectivity index (χ0n) is 15.8. The first-order chi connectivity index (χ1) is 13.6. The van der Waals surface area contributed by atoms with Gasteiger partial charge in [0.1, 0.15) is 12.3 Å². The molecule has 1 N–H and O–H groups in total. The van der Waals surface area contributed by atoms with Gasteiger partial charge in [-0.15, -0.1) is 0 Å². The maximum atomic E-state index is 13.0. The number of hydrogen-bond acceptors (Lipinski definition) is 4. The third-order valence-electron chi connectivity index (χ3n) is 4.03. The molecule has 1 atom stereocenters. The van der Waals surface area contributed by atoms with Crippen molar-refractivity contribution in [3.05, 3.63) is 52.9 Å². The first kappa shape index (κ1) is 22.8. The average molecular weight is 433 g/mol. The summed E-state index contributed by atoms with van der Waals surface area (Å²) in [6.45, 7) is 1.36. The van der Waals surface area contributed by atoms with Gasteiger partial charge in [0, 0.05) is 12.8 Å². The van der Waals surface area contributed by atoms with Crippen molar-refractivity contribution in [2.75, 3.05) is 19.0 Å². The zero-order chi connectivity index (χ0) is 21.6. The molecule has 29 heavy (non-hydrogen) atoms. The Hall–Kier alpha value is -2.52. The lowest BCUT2D eigenvalue weighted by atomic mass is 10.2. The van der Waals surface area contributed by atoms with E-state index >= 15 is 0 Å². The summed E-state index contributed by atoms with van der Waals surface area (Å²) in [7, 11) is 1.46. The second-order valence-electron chi connectivity index (χ2n) is 6.32. The van der Waals surface area contributed by atoms with Crippen LogP contribution in [0.5, 0.6) is 0 Å². The molecule has 0 saturated heterocycles.